The molecule has 0 aliphatic rings. The minimum Gasteiger partial charge on any atom is -0.434 e. The average Bonchev–Trinajstić information content (AvgIpc) is 2.32. The van der Waals surface area contributed by atoms with Crippen molar-refractivity contribution in [2.75, 3.05) is 6.54 Å². The molecule has 1 rings (SSSR count). The van der Waals surface area contributed by atoms with Crippen molar-refractivity contribution in [3.05, 3.63) is 29.3 Å². The van der Waals surface area contributed by atoms with Crippen LogP contribution in [-0.2, 0) is 6.54 Å². The van der Waals surface area contributed by atoms with E-state index in [0.29, 0.717) is 24.2 Å². The van der Waals surface area contributed by atoms with Crippen LogP contribution in [0.25, 0.3) is 0 Å². The molecule has 0 aliphatic heterocycles. The van der Waals surface area contributed by atoms with Gasteiger partial charge in [0.2, 0.25) is 0 Å². The first-order valence-electron chi connectivity index (χ1n) is 6.70. The highest BCUT2D eigenvalue weighted by molar-refractivity contribution is 5.40. The van der Waals surface area contributed by atoms with Crippen LogP contribution in [0.4, 0.5) is 8.78 Å². The molecule has 0 spiro atoms. The van der Waals surface area contributed by atoms with E-state index in [1.807, 2.05) is 13.8 Å². The van der Waals surface area contributed by atoms with E-state index < -0.39 is 12.2 Å². The number of hydrogen-bond donors (Lipinski definition) is 2. The Kier molecular flexibility index (Phi) is 5.89. The number of rotatable bonds is 7. The van der Waals surface area contributed by atoms with Gasteiger partial charge >= 0.3 is 6.61 Å². The lowest BCUT2D eigenvalue weighted by molar-refractivity contribution is -0.0510. The predicted octanol–water partition coefficient (Wildman–Crippen LogP) is 3.09. The quantitative estimate of drug-likeness (QED) is 0.809. The highest BCUT2D eigenvalue weighted by Crippen LogP contribution is 2.25. The molecule has 0 bridgehead atoms. The number of ether oxygens (including phenoxy) is 1. The number of aliphatic hydroxyl groups is 1. The van der Waals surface area contributed by atoms with Gasteiger partial charge in [0.05, 0.1) is 5.60 Å². The Labute approximate surface area is 119 Å². The smallest absolute Gasteiger partial charge is 0.387 e. The second-order valence-electron chi connectivity index (χ2n) is 5.56. The van der Waals surface area contributed by atoms with Gasteiger partial charge in [0.1, 0.15) is 5.75 Å². The Morgan fingerprint density at radius 1 is 1.35 bits per heavy atom. The van der Waals surface area contributed by atoms with Gasteiger partial charge < -0.3 is 15.2 Å². The van der Waals surface area contributed by atoms with Crippen molar-refractivity contribution in [3.8, 4) is 5.75 Å². The standard InChI is InChI=1S/C15H23F2NO2/c1-10(2)15(4,19)9-18-8-12-7-5-6-11(3)13(12)20-14(16)17/h5-7,10,14,18-19H,8-9H2,1-4H3. The lowest BCUT2D eigenvalue weighted by Gasteiger charge is -2.28. The van der Waals surface area contributed by atoms with Crippen LogP contribution in [0.1, 0.15) is 31.9 Å². The minimum atomic E-state index is -2.84. The summed E-state index contributed by atoms with van der Waals surface area (Å²) >= 11 is 0. The summed E-state index contributed by atoms with van der Waals surface area (Å²) in [4.78, 5) is 0. The van der Waals surface area contributed by atoms with E-state index in [-0.39, 0.29) is 11.7 Å². The van der Waals surface area contributed by atoms with Crippen LogP contribution in [0, 0.1) is 12.8 Å². The van der Waals surface area contributed by atoms with Crippen LogP contribution in [-0.4, -0.2) is 23.9 Å². The maximum atomic E-state index is 12.4. The monoisotopic (exact) mass is 287 g/mol. The lowest BCUT2D eigenvalue weighted by atomic mass is 9.92. The molecule has 0 aromatic heterocycles. The van der Waals surface area contributed by atoms with E-state index in [9.17, 15) is 13.9 Å². The second kappa shape index (κ2) is 6.99. The number of alkyl halides is 2. The Balaban J connectivity index is 2.71. The Morgan fingerprint density at radius 3 is 2.55 bits per heavy atom. The predicted molar refractivity (Wildman–Crippen MR) is 75.0 cm³/mol. The molecule has 0 heterocycles. The van der Waals surface area contributed by atoms with Crippen molar-refractivity contribution in [1.82, 2.24) is 5.32 Å². The molecule has 0 aliphatic carbocycles. The molecule has 1 aromatic carbocycles. The van der Waals surface area contributed by atoms with E-state index in [0.717, 1.165) is 0 Å². The number of para-hydroxylation sites is 1. The number of nitrogens with one attached hydrogen (secondary N) is 1. The van der Waals surface area contributed by atoms with Gasteiger partial charge in [-0.1, -0.05) is 32.0 Å². The molecule has 2 N–H and O–H groups in total. The highest BCUT2D eigenvalue weighted by atomic mass is 19.3. The zero-order chi connectivity index (χ0) is 15.3. The second-order valence-corrected chi connectivity index (χ2v) is 5.56. The lowest BCUT2D eigenvalue weighted by Crippen LogP contribution is -2.42. The van der Waals surface area contributed by atoms with Gasteiger partial charge in [-0.25, -0.2) is 0 Å². The molecule has 0 amide bonds. The third-order valence-electron chi connectivity index (χ3n) is 3.54. The molecule has 0 radical (unpaired) electrons. The van der Waals surface area contributed by atoms with E-state index in [1.54, 1.807) is 32.0 Å². The molecule has 20 heavy (non-hydrogen) atoms. The van der Waals surface area contributed by atoms with Crippen LogP contribution < -0.4 is 10.1 Å². The van der Waals surface area contributed by atoms with Gasteiger partial charge in [0, 0.05) is 18.7 Å². The fraction of sp³-hybridized carbons (Fsp3) is 0.600. The first-order chi connectivity index (χ1) is 9.24. The molecular weight excluding hydrogens is 264 g/mol. The maximum absolute atomic E-state index is 12.4. The van der Waals surface area contributed by atoms with E-state index in [1.165, 1.54) is 0 Å². The summed E-state index contributed by atoms with van der Waals surface area (Å²) in [6.45, 7) is 5.25. The van der Waals surface area contributed by atoms with Crippen molar-refractivity contribution in [2.45, 2.75) is 46.5 Å². The van der Waals surface area contributed by atoms with Crippen LogP contribution in [0.5, 0.6) is 5.75 Å². The first-order valence-corrected chi connectivity index (χ1v) is 6.70. The molecule has 3 nitrogen and oxygen atoms in total. The topological polar surface area (TPSA) is 41.5 Å². The number of hydrogen-bond acceptors (Lipinski definition) is 3. The molecule has 0 saturated heterocycles. The zero-order valence-electron chi connectivity index (χ0n) is 12.4. The van der Waals surface area contributed by atoms with Crippen molar-refractivity contribution < 1.29 is 18.6 Å². The number of aryl methyl sites for hydroxylation is 1. The third-order valence-corrected chi connectivity index (χ3v) is 3.54. The van der Waals surface area contributed by atoms with Crippen LogP contribution in [0.15, 0.2) is 18.2 Å². The van der Waals surface area contributed by atoms with Gasteiger partial charge in [0.15, 0.2) is 0 Å². The molecule has 5 heteroatoms. The molecule has 114 valence electrons. The largest absolute Gasteiger partial charge is 0.434 e. The van der Waals surface area contributed by atoms with Crippen molar-refractivity contribution in [2.24, 2.45) is 5.92 Å². The van der Waals surface area contributed by atoms with Crippen molar-refractivity contribution in [3.63, 3.8) is 0 Å². The Morgan fingerprint density at radius 2 is 2.00 bits per heavy atom. The van der Waals surface area contributed by atoms with Crippen LogP contribution >= 0.6 is 0 Å². The number of benzene rings is 1. The van der Waals surface area contributed by atoms with E-state index >= 15 is 0 Å². The van der Waals surface area contributed by atoms with Crippen LogP contribution in [0.3, 0.4) is 0 Å². The van der Waals surface area contributed by atoms with Crippen LogP contribution in [0.2, 0.25) is 0 Å². The van der Waals surface area contributed by atoms with E-state index in [4.69, 9.17) is 0 Å². The highest BCUT2D eigenvalue weighted by Gasteiger charge is 2.24. The molecule has 0 fully saturated rings. The molecular formula is C15H23F2NO2. The van der Waals surface area contributed by atoms with Crippen molar-refractivity contribution in [1.29, 1.82) is 0 Å². The summed E-state index contributed by atoms with van der Waals surface area (Å²) in [7, 11) is 0. The first kappa shape index (κ1) is 16.9. The summed E-state index contributed by atoms with van der Waals surface area (Å²) in [5.74, 6) is 0.309. The zero-order valence-corrected chi connectivity index (χ0v) is 12.4. The fourth-order valence-corrected chi connectivity index (χ4v) is 1.76. The van der Waals surface area contributed by atoms with Crippen molar-refractivity contribution >= 4 is 0 Å². The minimum absolute atomic E-state index is 0.101. The maximum Gasteiger partial charge on any atom is 0.387 e. The van der Waals surface area contributed by atoms with Gasteiger partial charge in [-0.05, 0) is 25.3 Å². The van der Waals surface area contributed by atoms with Gasteiger partial charge in [-0.2, -0.15) is 8.78 Å². The molecule has 1 aromatic rings. The van der Waals surface area contributed by atoms with Gasteiger partial charge in [0.25, 0.3) is 0 Å². The van der Waals surface area contributed by atoms with Gasteiger partial charge in [-0.3, -0.25) is 0 Å². The van der Waals surface area contributed by atoms with E-state index in [2.05, 4.69) is 10.1 Å². The molecule has 1 atom stereocenters. The Bertz CT molecular complexity index is 434. The number of halogens is 2. The summed E-state index contributed by atoms with van der Waals surface area (Å²) in [6, 6.07) is 5.26. The summed E-state index contributed by atoms with van der Waals surface area (Å²) < 4.78 is 29.4. The van der Waals surface area contributed by atoms with Gasteiger partial charge in [-0.15, -0.1) is 0 Å². The molecule has 1 unspecified atom stereocenters. The molecule has 0 saturated carbocycles. The SMILES string of the molecule is Cc1cccc(CNCC(C)(O)C(C)C)c1OC(F)F. The summed E-state index contributed by atoms with van der Waals surface area (Å²) in [5.41, 5.74) is 0.484. The summed E-state index contributed by atoms with van der Waals surface area (Å²) in [5, 5.41) is 13.2. The normalized spacial score (nSPS) is 14.7. The summed E-state index contributed by atoms with van der Waals surface area (Å²) in [6.07, 6.45) is 0. The fourth-order valence-electron chi connectivity index (χ4n) is 1.76. The Hall–Kier alpha value is -1.20. The average molecular weight is 287 g/mol. The third kappa shape index (κ3) is 4.72.